The van der Waals surface area contributed by atoms with Gasteiger partial charge in [-0.15, -0.1) is 0 Å². The van der Waals surface area contributed by atoms with Gasteiger partial charge in [0.2, 0.25) is 0 Å². The van der Waals surface area contributed by atoms with Crippen LogP contribution in [-0.4, -0.2) is 5.91 Å². The van der Waals surface area contributed by atoms with Crippen LogP contribution in [0.1, 0.15) is 48.2 Å². The van der Waals surface area contributed by atoms with E-state index in [2.05, 4.69) is 16.0 Å². The van der Waals surface area contributed by atoms with E-state index in [1.807, 2.05) is 0 Å². The third-order valence-corrected chi connectivity index (χ3v) is 5.10. The number of nitrogens with one attached hydrogen (secondary N) is 3. The number of halogens is 1. The number of furan rings is 1. The monoisotopic (exact) mass is 400 g/mol. The van der Waals surface area contributed by atoms with Gasteiger partial charge in [0.15, 0.2) is 0 Å². The number of anilines is 3. The van der Waals surface area contributed by atoms with Crippen molar-refractivity contribution in [3.63, 3.8) is 0 Å². The third-order valence-electron chi connectivity index (χ3n) is 4.75. The number of benzene rings is 1. The zero-order valence-electron chi connectivity index (χ0n) is 16.2. The zero-order valence-corrected chi connectivity index (χ0v) is 16.0. The molecule has 3 N–H and O–H groups in total. The Morgan fingerprint density at radius 3 is 2.64 bits per heavy atom. The second-order valence-corrected chi connectivity index (χ2v) is 6.94. The maximum atomic E-state index is 12.2. The lowest BCUT2D eigenvalue weighted by atomic mass is 10.1. The molecule has 1 atom stereocenters. The van der Waals surface area contributed by atoms with Crippen molar-refractivity contribution in [2.75, 3.05) is 10.6 Å². The largest absolute Gasteiger partial charge is 0.464 e. The Labute approximate surface area is 166 Å². The van der Waals surface area contributed by atoms with E-state index in [1.54, 1.807) is 38.1 Å². The van der Waals surface area contributed by atoms with Crippen molar-refractivity contribution in [2.24, 2.45) is 0 Å². The van der Waals surface area contributed by atoms with Crippen LogP contribution in [0.4, 0.5) is 17.1 Å². The summed E-state index contributed by atoms with van der Waals surface area (Å²) in [5.41, 5.74) is -0.110. The number of hydrogen-bond donors (Lipinski definition) is 3. The molecule has 1 amide bonds. The highest BCUT2D eigenvalue weighted by Crippen LogP contribution is 2.34. The summed E-state index contributed by atoms with van der Waals surface area (Å²) in [6.07, 6.45) is 0.289. The number of hydrogen-bond acceptors (Lipinski definition) is 6. The van der Waals surface area contributed by atoms with Crippen LogP contribution in [0.15, 0.2) is 38.3 Å². The Morgan fingerprint density at radius 2 is 1.96 bits per heavy atom. The highest BCUT2D eigenvalue weighted by molar-refractivity contribution is 6.32. The van der Waals surface area contributed by atoms with Gasteiger partial charge in [0, 0.05) is 17.1 Å². The highest BCUT2D eigenvalue weighted by Gasteiger charge is 2.29. The van der Waals surface area contributed by atoms with Crippen LogP contribution in [0.3, 0.4) is 0 Å². The first-order chi connectivity index (χ1) is 13.7. The fraction of sp³-hybridized carbons (Fsp3) is 0.250. The highest BCUT2D eigenvalue weighted by atomic mass is 35.5. The van der Waals surface area contributed by atoms with E-state index in [0.717, 1.165) is 0 Å². The zero-order chi connectivity index (χ0) is 20.9. The Hall–Kier alpha value is -3.06. The minimum absolute atomic E-state index is 0.00701. The second kappa shape index (κ2) is 6.83. The maximum Gasteiger partial charge on any atom is 0.254 e. The summed E-state index contributed by atoms with van der Waals surface area (Å²) in [4.78, 5) is 36.6. The summed E-state index contributed by atoms with van der Waals surface area (Å²) in [7, 11) is 0. The van der Waals surface area contributed by atoms with Crippen LogP contribution in [-0.2, 0) is 6.54 Å². The molecule has 1 aromatic heterocycles. The number of carbonyl (C=O) groups excluding carboxylic acids is 1. The smallest absolute Gasteiger partial charge is 0.254 e. The summed E-state index contributed by atoms with van der Waals surface area (Å²) in [5, 5.41) is 8.86. The molecule has 0 fully saturated rings. The quantitative estimate of drug-likeness (QED) is 0.548. The van der Waals surface area contributed by atoms with E-state index in [9.17, 15) is 14.4 Å². The molecule has 7 nitrogen and oxygen atoms in total. The maximum absolute atomic E-state index is 12.2. The molecule has 0 saturated heterocycles. The van der Waals surface area contributed by atoms with Crippen molar-refractivity contribution >= 4 is 34.6 Å². The van der Waals surface area contributed by atoms with Crippen molar-refractivity contribution in [1.29, 1.82) is 0 Å². The van der Waals surface area contributed by atoms with Crippen LogP contribution < -0.4 is 26.8 Å². The van der Waals surface area contributed by atoms with Crippen molar-refractivity contribution in [3.05, 3.63) is 72.4 Å². The lowest BCUT2D eigenvalue weighted by Gasteiger charge is -2.21. The van der Waals surface area contributed by atoms with Crippen molar-refractivity contribution in [2.45, 2.75) is 32.8 Å². The predicted molar refractivity (Wildman–Crippen MR) is 107 cm³/mol. The van der Waals surface area contributed by atoms with Crippen LogP contribution >= 0.6 is 11.6 Å². The van der Waals surface area contributed by atoms with Gasteiger partial charge in [-0.1, -0.05) is 18.5 Å². The molecular weight excluding hydrogens is 382 g/mol. The second-order valence-electron chi connectivity index (χ2n) is 6.53. The molecule has 3 aromatic rings. The van der Waals surface area contributed by atoms with E-state index in [-0.39, 0.29) is 23.7 Å². The molecule has 0 radical (unpaired) electrons. The van der Waals surface area contributed by atoms with Crippen LogP contribution in [0.25, 0.3) is 0 Å². The lowest BCUT2D eigenvalue weighted by molar-refractivity contribution is 0.0966. The number of carbonyl (C=O) groups is 1. The SMILES string of the molecule is [2H]C(CC)(Nc1c(Nc2ccc(Cl)c3c2C(=O)NC3)c(=O)c1=O)c1ccc(C)o1. The molecule has 28 heavy (non-hydrogen) atoms. The van der Waals surface area contributed by atoms with Crippen LogP contribution in [0, 0.1) is 6.92 Å². The first kappa shape index (κ1) is 17.1. The molecule has 0 spiro atoms. The molecule has 1 aliphatic heterocycles. The summed E-state index contributed by atoms with van der Waals surface area (Å²) < 4.78 is 14.2. The molecule has 0 aliphatic carbocycles. The molecule has 8 heteroatoms. The van der Waals surface area contributed by atoms with Crippen molar-refractivity contribution in [1.82, 2.24) is 5.32 Å². The van der Waals surface area contributed by atoms with Crippen molar-refractivity contribution in [3.8, 4) is 0 Å². The standard InChI is InChI=1S/C20H18ClN3O4/c1-3-12(14-7-4-9(2)28-14)23-16-17(19(26)18(16)25)24-13-6-5-11(21)10-8-22-20(27)15(10)13/h4-7,12,23-24H,3,8H2,1-2H3,(H,22,27)/i12D. The molecule has 2 aromatic carbocycles. The van der Waals surface area contributed by atoms with Gasteiger partial charge in [-0.05, 0) is 37.6 Å². The van der Waals surface area contributed by atoms with E-state index in [4.69, 9.17) is 17.4 Å². The first-order valence-corrected chi connectivity index (χ1v) is 9.18. The van der Waals surface area contributed by atoms with Gasteiger partial charge in [-0.25, -0.2) is 0 Å². The van der Waals surface area contributed by atoms with E-state index in [1.165, 1.54) is 0 Å². The van der Waals surface area contributed by atoms with Gasteiger partial charge in [-0.2, -0.15) is 0 Å². The Kier molecular flexibility index (Phi) is 4.16. The summed E-state index contributed by atoms with van der Waals surface area (Å²) >= 11 is 6.15. The van der Waals surface area contributed by atoms with Gasteiger partial charge >= 0.3 is 0 Å². The lowest BCUT2D eigenvalue weighted by Crippen LogP contribution is -2.37. The average molecular weight is 401 g/mol. The number of aryl methyl sites for hydroxylation is 1. The Morgan fingerprint density at radius 1 is 1.21 bits per heavy atom. The molecule has 144 valence electrons. The Bertz CT molecular complexity index is 1210. The molecule has 0 bridgehead atoms. The van der Waals surface area contributed by atoms with Crippen LogP contribution in [0.2, 0.25) is 5.02 Å². The summed E-state index contributed by atoms with van der Waals surface area (Å²) in [5.74, 6) is 0.661. The summed E-state index contributed by atoms with van der Waals surface area (Å²) in [6, 6.07) is 5.16. The average Bonchev–Trinajstić information content (AvgIpc) is 3.32. The Balaban J connectivity index is 1.70. The minimum atomic E-state index is -1.42. The first-order valence-electron chi connectivity index (χ1n) is 9.30. The molecule has 1 unspecified atom stereocenters. The molecule has 0 saturated carbocycles. The molecule has 2 heterocycles. The summed E-state index contributed by atoms with van der Waals surface area (Å²) in [6.45, 7) is 3.83. The third kappa shape index (κ3) is 2.88. The fourth-order valence-corrected chi connectivity index (χ4v) is 3.48. The van der Waals surface area contributed by atoms with Crippen LogP contribution in [0.5, 0.6) is 0 Å². The normalized spacial score (nSPS) is 15.7. The van der Waals surface area contributed by atoms with Gasteiger partial charge in [-0.3, -0.25) is 14.4 Å². The number of fused-ring (bicyclic) bond motifs is 1. The van der Waals surface area contributed by atoms with Gasteiger partial charge in [0.1, 0.15) is 22.9 Å². The van der Waals surface area contributed by atoms with Gasteiger partial charge < -0.3 is 20.4 Å². The number of rotatable bonds is 6. The fourth-order valence-electron chi connectivity index (χ4n) is 3.25. The van der Waals surface area contributed by atoms with Crippen molar-refractivity contribution < 1.29 is 10.6 Å². The number of amides is 1. The van der Waals surface area contributed by atoms with Gasteiger partial charge in [0.05, 0.1) is 18.6 Å². The molecule has 4 rings (SSSR count). The predicted octanol–water partition coefficient (Wildman–Crippen LogP) is 3.39. The molecular formula is C20H18ClN3O4. The minimum Gasteiger partial charge on any atom is -0.464 e. The van der Waals surface area contributed by atoms with E-state index >= 15 is 0 Å². The molecule has 1 aliphatic rings. The van der Waals surface area contributed by atoms with Gasteiger partial charge in [0.25, 0.3) is 16.8 Å². The topological polar surface area (TPSA) is 100 Å². The van der Waals surface area contributed by atoms with E-state index < -0.39 is 16.9 Å². The van der Waals surface area contributed by atoms with E-state index in [0.29, 0.717) is 39.9 Å².